The number of ether oxygens (including phenoxy) is 1. The van der Waals surface area contributed by atoms with Gasteiger partial charge in [0.15, 0.2) is 5.69 Å². The Bertz CT molecular complexity index is 666. The summed E-state index contributed by atoms with van der Waals surface area (Å²) < 4.78 is 6.73. The average Bonchev–Trinajstić information content (AvgIpc) is 2.88. The van der Waals surface area contributed by atoms with E-state index in [4.69, 9.17) is 21.9 Å². The number of aromatic nitrogens is 3. The van der Waals surface area contributed by atoms with Gasteiger partial charge in [0.05, 0.1) is 24.3 Å². The third-order valence-corrected chi connectivity index (χ3v) is 2.30. The highest BCUT2D eigenvalue weighted by molar-refractivity contribution is 5.87. The maximum Gasteiger partial charge on any atom is 0.361 e. The van der Waals surface area contributed by atoms with Gasteiger partial charge in [0.2, 0.25) is 0 Å². The molecule has 0 aliphatic heterocycles. The van der Waals surface area contributed by atoms with E-state index in [9.17, 15) is 4.79 Å². The van der Waals surface area contributed by atoms with Gasteiger partial charge in [-0.2, -0.15) is 0 Å². The summed E-state index contributed by atoms with van der Waals surface area (Å²) in [6, 6.07) is 0. The zero-order chi connectivity index (χ0) is 17.5. The first-order valence-electron chi connectivity index (χ1n) is 6.98. The normalized spacial score (nSPS) is 11.3. The van der Waals surface area contributed by atoms with Crippen molar-refractivity contribution >= 4 is 5.97 Å². The van der Waals surface area contributed by atoms with E-state index in [1.165, 1.54) is 23.0 Å². The molecule has 0 aromatic carbocycles. The Labute approximate surface area is 135 Å². The molecule has 8 heteroatoms. The second-order valence-electron chi connectivity index (χ2n) is 5.71. The lowest BCUT2D eigenvalue weighted by Gasteiger charge is -2.18. The van der Waals surface area contributed by atoms with Crippen molar-refractivity contribution in [2.75, 3.05) is 0 Å². The van der Waals surface area contributed by atoms with Gasteiger partial charge in [0.25, 0.3) is 0 Å². The molecule has 23 heavy (non-hydrogen) atoms. The number of hydrogen-bond acceptors (Lipinski definition) is 7. The number of hydrogen-bond donors (Lipinski definition) is 3. The second kappa shape index (κ2) is 7.89. The highest BCUT2D eigenvalue weighted by atomic mass is 16.6. The molecule has 1 aromatic heterocycles. The topological polar surface area (TPSA) is 135 Å². The van der Waals surface area contributed by atoms with Crippen molar-refractivity contribution in [2.24, 2.45) is 17.2 Å². The van der Waals surface area contributed by atoms with Crippen LogP contribution in [-0.2, 0) is 11.3 Å². The maximum absolute atomic E-state index is 11.8. The van der Waals surface area contributed by atoms with Crippen LogP contribution in [0.3, 0.4) is 0 Å². The lowest BCUT2D eigenvalue weighted by atomic mass is 10.2. The van der Waals surface area contributed by atoms with Gasteiger partial charge in [-0.15, -0.1) is 5.10 Å². The summed E-state index contributed by atoms with van der Waals surface area (Å²) >= 11 is 0. The Morgan fingerprint density at radius 2 is 2.04 bits per heavy atom. The van der Waals surface area contributed by atoms with Crippen LogP contribution in [0.2, 0.25) is 0 Å². The number of nitrogens with two attached hydrogens (primary N) is 3. The fraction of sp³-hybridized carbons (Fsp3) is 0.400. The smallest absolute Gasteiger partial charge is 0.361 e. The Kier molecular flexibility index (Phi) is 6.21. The number of aryl methyl sites for hydroxylation is 1. The average molecular weight is 318 g/mol. The molecule has 0 spiro atoms. The molecule has 0 amide bonds. The van der Waals surface area contributed by atoms with Crippen molar-refractivity contribution in [3.8, 4) is 11.8 Å². The van der Waals surface area contributed by atoms with Crippen LogP contribution >= 0.6 is 0 Å². The largest absolute Gasteiger partial charge is 0.455 e. The molecule has 6 N–H and O–H groups in total. The van der Waals surface area contributed by atoms with Crippen LogP contribution < -0.4 is 17.2 Å². The summed E-state index contributed by atoms with van der Waals surface area (Å²) in [6.07, 6.45) is 5.01. The summed E-state index contributed by atoms with van der Waals surface area (Å²) in [5.74, 6) is 5.28. The van der Waals surface area contributed by atoms with Gasteiger partial charge in [0, 0.05) is 6.42 Å². The second-order valence-corrected chi connectivity index (χ2v) is 5.71. The van der Waals surface area contributed by atoms with E-state index in [1.807, 2.05) is 0 Å². The number of rotatable bonds is 4. The third-order valence-electron chi connectivity index (χ3n) is 2.30. The van der Waals surface area contributed by atoms with Crippen LogP contribution in [0.5, 0.6) is 0 Å². The van der Waals surface area contributed by atoms with Crippen molar-refractivity contribution in [2.45, 2.75) is 39.3 Å². The quantitative estimate of drug-likeness (QED) is 0.411. The molecule has 1 aromatic rings. The molecule has 0 atom stereocenters. The van der Waals surface area contributed by atoms with Gasteiger partial charge in [-0.3, -0.25) is 4.68 Å². The molecule has 0 aliphatic rings. The SMILES string of the molecule is CC(C)(C)OC(=O)c1cn(CCC#C/C(N)=C/C=C(N)N)nn1. The van der Waals surface area contributed by atoms with Gasteiger partial charge in [-0.25, -0.2) is 4.79 Å². The first-order chi connectivity index (χ1) is 10.7. The molecule has 0 saturated carbocycles. The Hall–Kier alpha value is -2.95. The fourth-order valence-corrected chi connectivity index (χ4v) is 1.39. The predicted molar refractivity (Wildman–Crippen MR) is 86.3 cm³/mol. The van der Waals surface area contributed by atoms with Crippen LogP contribution in [0.1, 0.15) is 37.7 Å². The molecule has 1 heterocycles. The van der Waals surface area contributed by atoms with E-state index in [0.29, 0.717) is 18.7 Å². The van der Waals surface area contributed by atoms with Gasteiger partial charge in [0.1, 0.15) is 5.60 Å². The van der Waals surface area contributed by atoms with Crippen LogP contribution in [0, 0.1) is 11.8 Å². The van der Waals surface area contributed by atoms with E-state index in [-0.39, 0.29) is 11.5 Å². The van der Waals surface area contributed by atoms with E-state index >= 15 is 0 Å². The standard InChI is InChI=1S/C15H22N6O2/c1-15(2,3)23-14(22)12-10-21(20-19-12)9-5-4-6-11(16)7-8-13(17)18/h7-8,10H,5,9,16-18H2,1-3H3/b11-7-. The monoisotopic (exact) mass is 318 g/mol. The van der Waals surface area contributed by atoms with E-state index < -0.39 is 11.6 Å². The van der Waals surface area contributed by atoms with Crippen molar-refractivity contribution < 1.29 is 9.53 Å². The van der Waals surface area contributed by atoms with Gasteiger partial charge in [-0.05, 0) is 38.8 Å². The summed E-state index contributed by atoms with van der Waals surface area (Å²) in [5.41, 5.74) is 16.1. The predicted octanol–water partition coefficient (Wildman–Crippen LogP) is 0.228. The summed E-state index contributed by atoms with van der Waals surface area (Å²) in [4.78, 5) is 11.8. The Balaban J connectivity index is 2.54. The molecule has 0 bridgehead atoms. The van der Waals surface area contributed by atoms with E-state index in [1.54, 1.807) is 20.8 Å². The summed E-state index contributed by atoms with van der Waals surface area (Å²) in [6.45, 7) is 5.84. The highest BCUT2D eigenvalue weighted by Gasteiger charge is 2.20. The molecular weight excluding hydrogens is 296 g/mol. The number of carbonyl (C=O) groups excluding carboxylic acids is 1. The van der Waals surface area contributed by atoms with Gasteiger partial charge >= 0.3 is 5.97 Å². The number of allylic oxidation sites excluding steroid dienone is 3. The molecule has 1 rings (SSSR count). The first kappa shape index (κ1) is 18.1. The van der Waals surface area contributed by atoms with Crippen LogP contribution in [-0.4, -0.2) is 26.6 Å². The summed E-state index contributed by atoms with van der Waals surface area (Å²) in [7, 11) is 0. The molecule has 0 fully saturated rings. The minimum Gasteiger partial charge on any atom is -0.455 e. The van der Waals surface area contributed by atoms with Crippen LogP contribution in [0.4, 0.5) is 0 Å². The maximum atomic E-state index is 11.8. The molecule has 0 radical (unpaired) electrons. The summed E-state index contributed by atoms with van der Waals surface area (Å²) in [5, 5.41) is 7.63. The Morgan fingerprint density at radius 3 is 2.65 bits per heavy atom. The zero-order valence-electron chi connectivity index (χ0n) is 13.5. The third kappa shape index (κ3) is 7.57. The highest BCUT2D eigenvalue weighted by Crippen LogP contribution is 2.10. The van der Waals surface area contributed by atoms with Gasteiger partial charge < -0.3 is 21.9 Å². The zero-order valence-corrected chi connectivity index (χ0v) is 13.5. The van der Waals surface area contributed by atoms with Crippen LogP contribution in [0.25, 0.3) is 0 Å². The van der Waals surface area contributed by atoms with Crippen molar-refractivity contribution in [3.05, 3.63) is 35.6 Å². The molecule has 0 aliphatic carbocycles. The first-order valence-corrected chi connectivity index (χ1v) is 6.98. The lowest BCUT2D eigenvalue weighted by molar-refractivity contribution is 0.00627. The number of esters is 1. The fourth-order valence-electron chi connectivity index (χ4n) is 1.39. The molecular formula is C15H22N6O2. The van der Waals surface area contributed by atoms with Crippen LogP contribution in [0.15, 0.2) is 29.9 Å². The Morgan fingerprint density at radius 1 is 1.35 bits per heavy atom. The molecule has 0 saturated heterocycles. The number of nitrogens with zero attached hydrogens (tertiary/aromatic N) is 3. The number of carbonyl (C=O) groups is 1. The minimum atomic E-state index is -0.572. The van der Waals surface area contributed by atoms with Crippen molar-refractivity contribution in [3.63, 3.8) is 0 Å². The van der Waals surface area contributed by atoms with E-state index in [0.717, 1.165) is 0 Å². The van der Waals surface area contributed by atoms with Gasteiger partial charge in [-0.1, -0.05) is 11.1 Å². The lowest BCUT2D eigenvalue weighted by Crippen LogP contribution is -2.24. The van der Waals surface area contributed by atoms with Crippen molar-refractivity contribution in [1.82, 2.24) is 15.0 Å². The minimum absolute atomic E-state index is 0.159. The molecule has 8 nitrogen and oxygen atoms in total. The molecule has 0 unspecified atom stereocenters. The van der Waals surface area contributed by atoms with E-state index in [2.05, 4.69) is 22.2 Å². The van der Waals surface area contributed by atoms with Crippen molar-refractivity contribution in [1.29, 1.82) is 0 Å². The molecule has 124 valence electrons.